The summed E-state index contributed by atoms with van der Waals surface area (Å²) in [5, 5.41) is 2.90. The van der Waals surface area contributed by atoms with E-state index in [4.69, 9.17) is 0 Å². The van der Waals surface area contributed by atoms with Gasteiger partial charge in [0, 0.05) is 19.1 Å². The van der Waals surface area contributed by atoms with Crippen molar-refractivity contribution in [3.05, 3.63) is 35.9 Å². The van der Waals surface area contributed by atoms with Crippen LogP contribution in [0.5, 0.6) is 0 Å². The zero-order chi connectivity index (χ0) is 16.2. The number of urea groups is 1. The topological polar surface area (TPSA) is 66.5 Å². The lowest BCUT2D eigenvalue weighted by atomic mass is 10.1. The highest BCUT2D eigenvalue weighted by Crippen LogP contribution is 2.20. The van der Waals surface area contributed by atoms with Gasteiger partial charge in [-0.2, -0.15) is 0 Å². The number of amides is 2. The predicted octanol–water partition coefficient (Wildman–Crippen LogP) is 2.04. The molecule has 22 heavy (non-hydrogen) atoms. The maximum Gasteiger partial charge on any atom is 0.317 e. The Hall–Kier alpha value is -1.56. The number of carbonyl (C=O) groups is 1. The number of nitrogens with one attached hydrogen (secondary N) is 1. The maximum atomic E-state index is 12.5. The Morgan fingerprint density at radius 1 is 1.32 bits per heavy atom. The van der Waals surface area contributed by atoms with Gasteiger partial charge in [-0.05, 0) is 17.9 Å². The van der Waals surface area contributed by atoms with E-state index in [-0.39, 0.29) is 23.6 Å². The molecule has 0 unspecified atom stereocenters. The van der Waals surface area contributed by atoms with E-state index in [9.17, 15) is 13.2 Å². The lowest BCUT2D eigenvalue weighted by Crippen LogP contribution is -2.47. The summed E-state index contributed by atoms with van der Waals surface area (Å²) in [7, 11) is -3.02. The summed E-state index contributed by atoms with van der Waals surface area (Å²) in [6, 6.07) is 9.25. The van der Waals surface area contributed by atoms with Gasteiger partial charge in [0.2, 0.25) is 0 Å². The third-order valence-corrected chi connectivity index (χ3v) is 5.52. The van der Waals surface area contributed by atoms with Crippen LogP contribution >= 0.6 is 0 Å². The van der Waals surface area contributed by atoms with Crippen molar-refractivity contribution in [3.63, 3.8) is 0 Å². The number of sulfone groups is 1. The van der Waals surface area contributed by atoms with Gasteiger partial charge in [-0.1, -0.05) is 44.2 Å². The minimum atomic E-state index is -3.02. The molecule has 6 heteroatoms. The molecule has 5 nitrogen and oxygen atoms in total. The van der Waals surface area contributed by atoms with Crippen LogP contribution in [0.2, 0.25) is 0 Å². The summed E-state index contributed by atoms with van der Waals surface area (Å²) in [6.45, 7) is 5.08. The Morgan fingerprint density at radius 3 is 2.55 bits per heavy atom. The van der Waals surface area contributed by atoms with Crippen molar-refractivity contribution >= 4 is 15.9 Å². The smallest absolute Gasteiger partial charge is 0.317 e. The molecule has 1 aliphatic heterocycles. The Bertz CT molecular complexity index is 599. The highest BCUT2D eigenvalue weighted by Gasteiger charge is 2.34. The standard InChI is InChI=1S/C16H24N2O3S/c1-13(2)10-17-16(19)18(11-14-6-4-3-5-7-14)15-8-9-22(20,21)12-15/h3-7,13,15H,8-12H2,1-2H3,(H,17,19)/t15-/m1/s1. The van der Waals surface area contributed by atoms with Crippen molar-refractivity contribution in [2.45, 2.75) is 32.9 Å². The van der Waals surface area contributed by atoms with Crippen LogP contribution in [0.25, 0.3) is 0 Å². The maximum absolute atomic E-state index is 12.5. The number of nitrogens with zero attached hydrogens (tertiary/aromatic N) is 1. The summed E-state index contributed by atoms with van der Waals surface area (Å²) in [5.74, 6) is 0.588. The van der Waals surface area contributed by atoms with Crippen LogP contribution < -0.4 is 5.32 Å². The molecule has 1 atom stereocenters. The Balaban J connectivity index is 2.11. The van der Waals surface area contributed by atoms with E-state index in [1.54, 1.807) is 4.90 Å². The fourth-order valence-corrected chi connectivity index (χ4v) is 4.29. The average molecular weight is 324 g/mol. The Morgan fingerprint density at radius 2 is 2.00 bits per heavy atom. The second-order valence-corrected chi connectivity index (χ2v) is 8.48. The Kier molecular flexibility index (Phi) is 5.45. The van der Waals surface area contributed by atoms with Crippen LogP contribution in [0.15, 0.2) is 30.3 Å². The zero-order valence-corrected chi connectivity index (χ0v) is 14.0. The van der Waals surface area contributed by atoms with Crippen molar-refractivity contribution in [1.82, 2.24) is 10.2 Å². The van der Waals surface area contributed by atoms with Crippen LogP contribution in [0.4, 0.5) is 4.79 Å². The molecule has 1 saturated heterocycles. The normalized spacial score (nSPS) is 20.0. The van der Waals surface area contributed by atoms with E-state index in [1.165, 1.54) is 0 Å². The van der Waals surface area contributed by atoms with E-state index in [2.05, 4.69) is 5.32 Å². The van der Waals surface area contributed by atoms with Gasteiger partial charge in [0.1, 0.15) is 0 Å². The van der Waals surface area contributed by atoms with E-state index in [1.807, 2.05) is 44.2 Å². The summed E-state index contributed by atoms with van der Waals surface area (Å²) >= 11 is 0. The summed E-state index contributed by atoms with van der Waals surface area (Å²) in [6.07, 6.45) is 0.518. The predicted molar refractivity (Wildman–Crippen MR) is 87.3 cm³/mol. The third kappa shape index (κ3) is 4.73. The van der Waals surface area contributed by atoms with E-state index < -0.39 is 9.84 Å². The second-order valence-electron chi connectivity index (χ2n) is 6.25. The molecule has 122 valence electrons. The molecule has 2 rings (SSSR count). The molecule has 1 aliphatic rings. The van der Waals surface area contributed by atoms with E-state index in [0.29, 0.717) is 25.4 Å². The molecule has 0 aliphatic carbocycles. The number of benzene rings is 1. The average Bonchev–Trinajstić information content (AvgIpc) is 2.83. The van der Waals surface area contributed by atoms with Gasteiger partial charge < -0.3 is 10.2 Å². The summed E-state index contributed by atoms with van der Waals surface area (Å²) < 4.78 is 23.5. The van der Waals surface area contributed by atoms with Crippen LogP contribution in [0.1, 0.15) is 25.8 Å². The number of rotatable bonds is 5. The van der Waals surface area contributed by atoms with Gasteiger partial charge in [0.15, 0.2) is 9.84 Å². The molecule has 0 spiro atoms. The van der Waals surface area contributed by atoms with Gasteiger partial charge in [-0.3, -0.25) is 0 Å². The molecule has 0 radical (unpaired) electrons. The zero-order valence-electron chi connectivity index (χ0n) is 13.2. The second kappa shape index (κ2) is 7.13. The Labute approximate surface area is 132 Å². The van der Waals surface area contributed by atoms with Crippen molar-refractivity contribution in [2.24, 2.45) is 5.92 Å². The molecule has 1 aromatic carbocycles. The quantitative estimate of drug-likeness (QED) is 0.901. The van der Waals surface area contributed by atoms with Crippen LogP contribution in [-0.4, -0.2) is 43.4 Å². The fraction of sp³-hybridized carbons (Fsp3) is 0.562. The van der Waals surface area contributed by atoms with Crippen LogP contribution in [-0.2, 0) is 16.4 Å². The summed E-state index contributed by atoms with van der Waals surface area (Å²) in [4.78, 5) is 14.1. The van der Waals surface area contributed by atoms with Gasteiger partial charge in [0.05, 0.1) is 11.5 Å². The van der Waals surface area contributed by atoms with Gasteiger partial charge in [-0.25, -0.2) is 13.2 Å². The van der Waals surface area contributed by atoms with Crippen LogP contribution in [0, 0.1) is 5.92 Å². The molecular weight excluding hydrogens is 300 g/mol. The van der Waals surface area contributed by atoms with Gasteiger partial charge in [0.25, 0.3) is 0 Å². The number of hydrogen-bond donors (Lipinski definition) is 1. The molecule has 1 N–H and O–H groups in total. The molecule has 0 saturated carbocycles. The first kappa shape index (κ1) is 16.8. The monoisotopic (exact) mass is 324 g/mol. The highest BCUT2D eigenvalue weighted by molar-refractivity contribution is 7.91. The number of hydrogen-bond acceptors (Lipinski definition) is 3. The van der Waals surface area contributed by atoms with Crippen molar-refractivity contribution < 1.29 is 13.2 Å². The minimum absolute atomic E-state index is 0.0644. The van der Waals surface area contributed by atoms with Crippen molar-refractivity contribution in [2.75, 3.05) is 18.1 Å². The molecular formula is C16H24N2O3S. The third-order valence-electron chi connectivity index (χ3n) is 3.77. The lowest BCUT2D eigenvalue weighted by Gasteiger charge is -2.29. The minimum Gasteiger partial charge on any atom is -0.338 e. The highest BCUT2D eigenvalue weighted by atomic mass is 32.2. The molecule has 0 aromatic heterocycles. The van der Waals surface area contributed by atoms with Gasteiger partial charge >= 0.3 is 6.03 Å². The van der Waals surface area contributed by atoms with Crippen molar-refractivity contribution in [1.29, 1.82) is 0 Å². The SMILES string of the molecule is CC(C)CNC(=O)N(Cc1ccccc1)[C@@H]1CCS(=O)(=O)C1. The first-order chi connectivity index (χ1) is 10.4. The first-order valence-corrected chi connectivity index (χ1v) is 9.48. The number of carbonyl (C=O) groups excluding carboxylic acids is 1. The largest absolute Gasteiger partial charge is 0.338 e. The van der Waals surface area contributed by atoms with Gasteiger partial charge in [-0.15, -0.1) is 0 Å². The molecule has 0 bridgehead atoms. The lowest BCUT2D eigenvalue weighted by molar-refractivity contribution is 0.175. The molecule has 1 heterocycles. The molecule has 1 fully saturated rings. The molecule has 1 aromatic rings. The fourth-order valence-electron chi connectivity index (χ4n) is 2.56. The van der Waals surface area contributed by atoms with E-state index >= 15 is 0 Å². The van der Waals surface area contributed by atoms with E-state index in [0.717, 1.165) is 5.56 Å². The molecule has 2 amide bonds. The van der Waals surface area contributed by atoms with Crippen molar-refractivity contribution in [3.8, 4) is 0 Å². The first-order valence-electron chi connectivity index (χ1n) is 7.66. The van der Waals surface area contributed by atoms with Crippen LogP contribution in [0.3, 0.4) is 0 Å². The summed E-state index contributed by atoms with van der Waals surface area (Å²) in [5.41, 5.74) is 1.01.